The summed E-state index contributed by atoms with van der Waals surface area (Å²) in [5, 5.41) is 7.40. The number of hydrogen-bond donors (Lipinski definition) is 3. The second-order valence-electron chi connectivity index (χ2n) is 8.68. The Labute approximate surface area is 240 Å². The monoisotopic (exact) mass is 672 g/mol. The number of halogens is 1. The molecule has 0 bridgehead atoms. The smallest absolute Gasteiger partial charge is 0.278 e. The minimum absolute atomic E-state index is 0.0585. The van der Waals surface area contributed by atoms with E-state index in [4.69, 9.17) is 5.73 Å². The number of carbonyl (C=O) groups excluding carboxylic acids is 2. The summed E-state index contributed by atoms with van der Waals surface area (Å²) in [6.45, 7) is 0.323. The predicted molar refractivity (Wildman–Crippen MR) is 163 cm³/mol. The van der Waals surface area contributed by atoms with Crippen LogP contribution in [0, 0.1) is 0 Å². The van der Waals surface area contributed by atoms with E-state index in [2.05, 4.69) is 30.6 Å². The lowest BCUT2D eigenvalue weighted by Gasteiger charge is -2.16. The summed E-state index contributed by atoms with van der Waals surface area (Å²) in [6.07, 6.45) is 7.42. The number of fused-ring (bicyclic) bond motifs is 2. The molecule has 6 rings (SSSR count). The van der Waals surface area contributed by atoms with Crippen LogP contribution in [0.25, 0.3) is 10.1 Å². The van der Waals surface area contributed by atoms with Gasteiger partial charge in [0.2, 0.25) is 5.91 Å². The van der Waals surface area contributed by atoms with E-state index in [9.17, 15) is 14.4 Å². The van der Waals surface area contributed by atoms with Gasteiger partial charge in [0.15, 0.2) is 0 Å². The Morgan fingerprint density at radius 3 is 2.87 bits per heavy atom. The number of amides is 2. The van der Waals surface area contributed by atoms with Gasteiger partial charge in [-0.05, 0) is 30.7 Å². The van der Waals surface area contributed by atoms with Crippen LogP contribution in [0.15, 0.2) is 58.8 Å². The number of thioether (sulfide) groups is 1. The first-order valence-electron chi connectivity index (χ1n) is 11.9. The Bertz CT molecular complexity index is 1730. The van der Waals surface area contributed by atoms with E-state index in [1.165, 1.54) is 33.9 Å². The highest BCUT2D eigenvalue weighted by Crippen LogP contribution is 2.28. The molecule has 6 heterocycles. The zero-order chi connectivity index (χ0) is 26.9. The molecule has 0 unspecified atom stereocenters. The van der Waals surface area contributed by atoms with Crippen molar-refractivity contribution < 1.29 is 9.59 Å². The van der Waals surface area contributed by atoms with Gasteiger partial charge in [0.1, 0.15) is 31.3 Å². The van der Waals surface area contributed by atoms with E-state index < -0.39 is 32.3 Å². The molecule has 198 valence electrons. The lowest BCUT2D eigenvalue weighted by molar-refractivity contribution is -0.124. The fraction of sp³-hybridized carbons (Fsp3) is 0.200. The molecule has 0 saturated heterocycles. The van der Waals surface area contributed by atoms with E-state index in [0.717, 1.165) is 25.6 Å². The lowest BCUT2D eigenvalue weighted by atomic mass is 10.2. The number of aliphatic imine (C=N–C) groups is 1. The highest BCUT2D eigenvalue weighted by Gasteiger charge is 2.31. The van der Waals surface area contributed by atoms with Crippen molar-refractivity contribution >= 4 is 85.1 Å². The topological polar surface area (TPSA) is 157 Å². The van der Waals surface area contributed by atoms with Crippen molar-refractivity contribution in [2.24, 2.45) is 4.99 Å². The highest BCUT2D eigenvalue weighted by molar-refractivity contribution is 14.2. The molecule has 4 aromatic rings. The Balaban J connectivity index is 1.14. The van der Waals surface area contributed by atoms with Gasteiger partial charge >= 0.3 is 0 Å². The molecule has 39 heavy (non-hydrogen) atoms. The molecule has 0 aromatic carbocycles. The number of nitrogens with one attached hydrogen (secondary N) is 2. The number of aromatic nitrogens is 4. The number of pyridine rings is 2. The number of anilines is 2. The molecule has 4 N–H and O–H groups in total. The zero-order valence-electron chi connectivity index (χ0n) is 20.3. The number of hydrogen-bond acceptors (Lipinski definition) is 10. The second-order valence-corrected chi connectivity index (χ2v) is 14.1. The fourth-order valence-corrected chi connectivity index (χ4v) is 9.05. The third-order valence-corrected chi connectivity index (χ3v) is 11.4. The van der Waals surface area contributed by atoms with Crippen LogP contribution < -0.4 is 21.9 Å². The Morgan fingerprint density at radius 1 is 1.18 bits per heavy atom. The minimum atomic E-state index is -0.696. The number of thiophene rings is 1. The average Bonchev–Trinajstić information content (AvgIpc) is 3.58. The number of nitrogens with zero attached hydrogens (tertiary/aromatic N) is 5. The number of alkyl halides is 1. The summed E-state index contributed by atoms with van der Waals surface area (Å²) in [4.78, 5) is 57.6. The van der Waals surface area contributed by atoms with Gasteiger partial charge in [0.25, 0.3) is 11.5 Å². The van der Waals surface area contributed by atoms with Crippen molar-refractivity contribution in [3.05, 3.63) is 75.7 Å². The van der Waals surface area contributed by atoms with Gasteiger partial charge in [-0.1, -0.05) is 32.5 Å². The SMILES string of the molecule is Nc1cc2sc(CNC(=O)[C@@H]3CCc4ncc(NC(=O)C5=ICN=C(c6ccncc6)S5)c(=O)n43)cc2cn1. The molecule has 0 saturated carbocycles. The van der Waals surface area contributed by atoms with Crippen LogP contribution in [0.1, 0.15) is 28.7 Å². The van der Waals surface area contributed by atoms with Crippen molar-refractivity contribution in [1.82, 2.24) is 24.8 Å². The first-order valence-corrected chi connectivity index (χ1v) is 16.1. The maximum absolute atomic E-state index is 13.4. The van der Waals surface area contributed by atoms with E-state index in [1.54, 1.807) is 24.7 Å². The normalized spacial score (nSPS) is 16.6. The third kappa shape index (κ3) is 5.35. The molecule has 14 heteroatoms. The van der Waals surface area contributed by atoms with Crippen molar-refractivity contribution in [2.75, 3.05) is 15.6 Å². The van der Waals surface area contributed by atoms with Crippen molar-refractivity contribution in [1.29, 1.82) is 0 Å². The Hall–Kier alpha value is -3.50. The summed E-state index contributed by atoms with van der Waals surface area (Å²) in [5.74, 6) is 0.382. The van der Waals surface area contributed by atoms with Gasteiger partial charge in [-0.3, -0.25) is 28.9 Å². The van der Waals surface area contributed by atoms with Crippen LogP contribution in [0.2, 0.25) is 0 Å². The van der Waals surface area contributed by atoms with Gasteiger partial charge in [-0.25, -0.2) is 9.97 Å². The molecule has 2 aliphatic heterocycles. The highest BCUT2D eigenvalue weighted by atomic mass is 127. The molecule has 0 aliphatic carbocycles. The van der Waals surface area contributed by atoms with E-state index in [-0.39, 0.29) is 17.5 Å². The van der Waals surface area contributed by atoms with Gasteiger partial charge < -0.3 is 16.4 Å². The molecule has 2 aliphatic rings. The lowest BCUT2D eigenvalue weighted by Crippen LogP contribution is -2.37. The minimum Gasteiger partial charge on any atom is -0.384 e. The number of aryl methyl sites for hydroxylation is 1. The van der Waals surface area contributed by atoms with E-state index in [0.29, 0.717) is 38.4 Å². The maximum atomic E-state index is 13.4. The molecule has 0 fully saturated rings. The Morgan fingerprint density at radius 2 is 2.03 bits per heavy atom. The molecule has 0 spiro atoms. The van der Waals surface area contributed by atoms with Crippen LogP contribution in [-0.4, -0.2) is 43.8 Å². The predicted octanol–water partition coefficient (Wildman–Crippen LogP) is 2.82. The number of carbonyl (C=O) groups is 2. The van der Waals surface area contributed by atoms with Crippen molar-refractivity contribution in [3.63, 3.8) is 0 Å². The van der Waals surface area contributed by atoms with Crippen LogP contribution in [0.4, 0.5) is 11.5 Å². The van der Waals surface area contributed by atoms with Crippen LogP contribution in [-0.2, 0) is 22.6 Å². The van der Waals surface area contributed by atoms with E-state index >= 15 is 0 Å². The number of nitrogens with two attached hydrogens (primary N) is 1. The van der Waals surface area contributed by atoms with Gasteiger partial charge in [0.05, 0.1) is 17.3 Å². The molecule has 11 nitrogen and oxygen atoms in total. The quantitative estimate of drug-likeness (QED) is 0.160. The molecular weight excluding hydrogens is 651 g/mol. The molecule has 0 radical (unpaired) electrons. The van der Waals surface area contributed by atoms with Crippen LogP contribution in [0.5, 0.6) is 0 Å². The van der Waals surface area contributed by atoms with E-state index in [1.807, 2.05) is 18.2 Å². The molecule has 4 aromatic heterocycles. The summed E-state index contributed by atoms with van der Waals surface area (Å²) in [6, 6.07) is 6.77. The zero-order valence-corrected chi connectivity index (χ0v) is 24.0. The Kier molecular flexibility index (Phi) is 7.22. The maximum Gasteiger partial charge on any atom is 0.278 e. The van der Waals surface area contributed by atoms with Crippen molar-refractivity contribution in [3.8, 4) is 0 Å². The first-order chi connectivity index (χ1) is 19.0. The molecule has 2 amide bonds. The molecule has 1 atom stereocenters. The standard InChI is InChI=1S/C25H21IN8O3S2/c27-19-8-18-14(9-29-19)7-15(38-18)10-31-22(35)17-1-2-20-30-11-16(25(37)34(17)20)33-23(36)21-26-12-32-24(39-21)13-3-5-28-6-4-13/h3-9,11,17H,1-2,10,12H2,(H2,27,29)(H,31,35)(H,33,36)/t17-/m0/s1. The average molecular weight is 673 g/mol. The number of nitrogen functional groups attached to an aromatic ring is 1. The first kappa shape index (κ1) is 25.8. The second kappa shape index (κ2) is 10.9. The van der Waals surface area contributed by atoms with Gasteiger partial charge in [-0.15, -0.1) is 11.3 Å². The van der Waals surface area contributed by atoms with Crippen LogP contribution in [0.3, 0.4) is 0 Å². The third-order valence-electron chi connectivity index (χ3n) is 6.16. The number of rotatable bonds is 6. The van der Waals surface area contributed by atoms with Gasteiger partial charge in [-0.2, -0.15) is 0 Å². The fourth-order valence-electron chi connectivity index (χ4n) is 4.33. The summed E-state index contributed by atoms with van der Waals surface area (Å²) in [7, 11) is 0. The largest absolute Gasteiger partial charge is 0.384 e. The van der Waals surface area contributed by atoms with Gasteiger partial charge in [0, 0.05) is 45.5 Å². The van der Waals surface area contributed by atoms with Crippen molar-refractivity contribution in [2.45, 2.75) is 25.4 Å². The summed E-state index contributed by atoms with van der Waals surface area (Å²) in [5.41, 5.74) is 6.29. The molecular formula is C25H21IN8O3S2. The van der Waals surface area contributed by atoms with Crippen LogP contribution >= 0.6 is 43.8 Å². The summed E-state index contributed by atoms with van der Waals surface area (Å²) >= 11 is 2.24. The summed E-state index contributed by atoms with van der Waals surface area (Å²) < 4.78 is 3.64.